The maximum atomic E-state index is 12.9. The molecule has 0 spiro atoms. The van der Waals surface area contributed by atoms with Gasteiger partial charge < -0.3 is 5.32 Å². The van der Waals surface area contributed by atoms with E-state index in [1.165, 1.54) is 18.6 Å². The van der Waals surface area contributed by atoms with Gasteiger partial charge in [-0.2, -0.15) is 0 Å². The van der Waals surface area contributed by atoms with Crippen molar-refractivity contribution in [3.05, 3.63) is 41.2 Å². The summed E-state index contributed by atoms with van der Waals surface area (Å²) in [4.78, 5) is 4.58. The van der Waals surface area contributed by atoms with E-state index >= 15 is 0 Å². The van der Waals surface area contributed by atoms with Crippen LogP contribution in [0.15, 0.2) is 29.6 Å². The van der Waals surface area contributed by atoms with Crippen LogP contribution in [0.2, 0.25) is 0 Å². The van der Waals surface area contributed by atoms with Crippen molar-refractivity contribution in [2.45, 2.75) is 19.9 Å². The first-order valence-electron chi connectivity index (χ1n) is 6.63. The molecule has 2 atom stereocenters. The van der Waals surface area contributed by atoms with E-state index < -0.39 is 0 Å². The number of thiazole rings is 1. The Morgan fingerprint density at radius 2 is 2.11 bits per heavy atom. The van der Waals surface area contributed by atoms with E-state index in [2.05, 4.69) is 22.6 Å². The van der Waals surface area contributed by atoms with Gasteiger partial charge in [-0.3, -0.25) is 0 Å². The quantitative estimate of drug-likeness (QED) is 0.900. The number of nitrogens with one attached hydrogen (secondary N) is 1. The van der Waals surface area contributed by atoms with Gasteiger partial charge in [0.15, 0.2) is 0 Å². The summed E-state index contributed by atoms with van der Waals surface area (Å²) in [5, 5.41) is 6.48. The molecule has 0 aliphatic heterocycles. The molecule has 2 nitrogen and oxygen atoms in total. The monoisotopic (exact) mass is 276 g/mol. The molecule has 2 unspecified atom stereocenters. The Bertz CT molecular complexity index is 550. The van der Waals surface area contributed by atoms with Gasteiger partial charge in [-0.1, -0.05) is 6.92 Å². The molecule has 1 fully saturated rings. The van der Waals surface area contributed by atoms with Crippen LogP contribution in [0.3, 0.4) is 0 Å². The van der Waals surface area contributed by atoms with Crippen molar-refractivity contribution in [2.24, 2.45) is 11.8 Å². The standard InChI is InChI=1S/C15H17FN2S/c1-10-6-12(10)7-17-8-14-9-19-15(18-14)11-2-4-13(16)5-3-11/h2-5,9-10,12,17H,6-8H2,1H3. The van der Waals surface area contributed by atoms with Crippen LogP contribution >= 0.6 is 11.3 Å². The molecule has 0 amide bonds. The van der Waals surface area contributed by atoms with E-state index in [4.69, 9.17) is 0 Å². The summed E-state index contributed by atoms with van der Waals surface area (Å²) >= 11 is 1.61. The number of hydrogen-bond acceptors (Lipinski definition) is 3. The topological polar surface area (TPSA) is 24.9 Å². The third-order valence-electron chi connectivity index (χ3n) is 3.63. The number of hydrogen-bond donors (Lipinski definition) is 1. The number of benzene rings is 1. The molecule has 0 bridgehead atoms. The summed E-state index contributed by atoms with van der Waals surface area (Å²) in [5.74, 6) is 1.54. The summed E-state index contributed by atoms with van der Waals surface area (Å²) in [7, 11) is 0. The van der Waals surface area contributed by atoms with Crippen molar-refractivity contribution in [3.63, 3.8) is 0 Å². The number of halogens is 1. The molecule has 3 rings (SSSR count). The Hall–Kier alpha value is -1.26. The Labute approximate surface area is 116 Å². The molecule has 0 radical (unpaired) electrons. The minimum absolute atomic E-state index is 0.208. The molecule has 2 aromatic rings. The van der Waals surface area contributed by atoms with Crippen molar-refractivity contribution in [2.75, 3.05) is 6.54 Å². The molecule has 19 heavy (non-hydrogen) atoms. The zero-order chi connectivity index (χ0) is 13.2. The SMILES string of the molecule is CC1CC1CNCc1csc(-c2ccc(F)cc2)n1. The highest BCUT2D eigenvalue weighted by atomic mass is 32.1. The molecule has 1 N–H and O–H groups in total. The first-order chi connectivity index (χ1) is 9.22. The zero-order valence-corrected chi connectivity index (χ0v) is 11.7. The Morgan fingerprint density at radius 1 is 1.37 bits per heavy atom. The smallest absolute Gasteiger partial charge is 0.123 e. The summed E-state index contributed by atoms with van der Waals surface area (Å²) in [6, 6.07) is 6.50. The maximum absolute atomic E-state index is 12.9. The van der Waals surface area contributed by atoms with E-state index in [-0.39, 0.29) is 5.82 Å². The molecule has 1 aromatic carbocycles. The minimum Gasteiger partial charge on any atom is -0.311 e. The van der Waals surface area contributed by atoms with Crippen LogP contribution in [0.5, 0.6) is 0 Å². The zero-order valence-electron chi connectivity index (χ0n) is 10.9. The summed E-state index contributed by atoms with van der Waals surface area (Å²) in [6.45, 7) is 4.20. The number of aromatic nitrogens is 1. The van der Waals surface area contributed by atoms with Gasteiger partial charge in [-0.15, -0.1) is 11.3 Å². The van der Waals surface area contributed by atoms with E-state index in [9.17, 15) is 4.39 Å². The second-order valence-electron chi connectivity index (χ2n) is 5.25. The second kappa shape index (κ2) is 5.39. The van der Waals surface area contributed by atoms with Gasteiger partial charge in [0, 0.05) is 17.5 Å². The molecular weight excluding hydrogens is 259 g/mol. The number of nitrogens with zero attached hydrogens (tertiary/aromatic N) is 1. The lowest BCUT2D eigenvalue weighted by molar-refractivity contribution is 0.607. The fourth-order valence-electron chi connectivity index (χ4n) is 2.18. The van der Waals surface area contributed by atoms with Crippen LogP contribution in [-0.4, -0.2) is 11.5 Å². The van der Waals surface area contributed by atoms with E-state index in [0.29, 0.717) is 0 Å². The van der Waals surface area contributed by atoms with Crippen LogP contribution < -0.4 is 5.32 Å². The van der Waals surface area contributed by atoms with Crippen LogP contribution in [0, 0.1) is 17.7 Å². The molecule has 1 aliphatic carbocycles. The van der Waals surface area contributed by atoms with E-state index in [0.717, 1.165) is 41.2 Å². The lowest BCUT2D eigenvalue weighted by Gasteiger charge is -2.00. The van der Waals surface area contributed by atoms with Crippen LogP contribution in [0.25, 0.3) is 10.6 Å². The van der Waals surface area contributed by atoms with Gasteiger partial charge in [0.25, 0.3) is 0 Å². The average Bonchev–Trinajstić information content (AvgIpc) is 2.90. The Morgan fingerprint density at radius 3 is 2.79 bits per heavy atom. The first kappa shape index (κ1) is 12.8. The normalized spacial score (nSPS) is 21.6. The van der Waals surface area contributed by atoms with E-state index in [1.807, 2.05) is 0 Å². The van der Waals surface area contributed by atoms with Crippen molar-refractivity contribution in [1.29, 1.82) is 0 Å². The average molecular weight is 276 g/mol. The summed E-state index contributed by atoms with van der Waals surface area (Å²) < 4.78 is 12.9. The van der Waals surface area contributed by atoms with Gasteiger partial charge in [0.05, 0.1) is 5.69 Å². The van der Waals surface area contributed by atoms with Crippen LogP contribution in [0.4, 0.5) is 4.39 Å². The lowest BCUT2D eigenvalue weighted by Crippen LogP contribution is -2.16. The predicted molar refractivity (Wildman–Crippen MR) is 76.5 cm³/mol. The van der Waals surface area contributed by atoms with Crippen molar-refractivity contribution in [1.82, 2.24) is 10.3 Å². The highest BCUT2D eigenvalue weighted by Crippen LogP contribution is 2.36. The van der Waals surface area contributed by atoms with Crippen LogP contribution in [0.1, 0.15) is 19.0 Å². The molecule has 1 saturated carbocycles. The summed E-state index contributed by atoms with van der Waals surface area (Å²) in [5.41, 5.74) is 2.05. The molecule has 1 aliphatic rings. The highest BCUT2D eigenvalue weighted by molar-refractivity contribution is 7.13. The molecule has 1 aromatic heterocycles. The van der Waals surface area contributed by atoms with Gasteiger partial charge in [0.2, 0.25) is 0 Å². The number of rotatable bonds is 5. The molecule has 0 saturated heterocycles. The van der Waals surface area contributed by atoms with Gasteiger partial charge >= 0.3 is 0 Å². The van der Waals surface area contributed by atoms with Gasteiger partial charge in [-0.25, -0.2) is 9.37 Å². The first-order valence-corrected chi connectivity index (χ1v) is 7.51. The molecule has 100 valence electrons. The fourth-order valence-corrected chi connectivity index (χ4v) is 3.01. The Balaban J connectivity index is 1.58. The third kappa shape index (κ3) is 3.19. The van der Waals surface area contributed by atoms with E-state index in [1.54, 1.807) is 23.5 Å². The molecular formula is C15H17FN2S. The van der Waals surface area contributed by atoms with Crippen molar-refractivity contribution < 1.29 is 4.39 Å². The second-order valence-corrected chi connectivity index (χ2v) is 6.11. The molecule has 1 heterocycles. The largest absolute Gasteiger partial charge is 0.311 e. The minimum atomic E-state index is -0.208. The summed E-state index contributed by atoms with van der Waals surface area (Å²) in [6.07, 6.45) is 1.35. The Kier molecular flexibility index (Phi) is 3.62. The van der Waals surface area contributed by atoms with Gasteiger partial charge in [0.1, 0.15) is 10.8 Å². The van der Waals surface area contributed by atoms with Crippen LogP contribution in [-0.2, 0) is 6.54 Å². The third-order valence-corrected chi connectivity index (χ3v) is 4.57. The van der Waals surface area contributed by atoms with Crippen molar-refractivity contribution >= 4 is 11.3 Å². The fraction of sp³-hybridized carbons (Fsp3) is 0.400. The lowest BCUT2D eigenvalue weighted by atomic mass is 10.2. The maximum Gasteiger partial charge on any atom is 0.123 e. The van der Waals surface area contributed by atoms with Gasteiger partial charge in [-0.05, 0) is 49.1 Å². The predicted octanol–water partition coefficient (Wildman–Crippen LogP) is 3.69. The molecule has 4 heteroatoms. The van der Waals surface area contributed by atoms with Crippen molar-refractivity contribution in [3.8, 4) is 10.6 Å². The highest BCUT2D eigenvalue weighted by Gasteiger charge is 2.31.